The Hall–Kier alpha value is -1.91. The number of benzene rings is 1. The van der Waals surface area contributed by atoms with E-state index >= 15 is 0 Å². The van der Waals surface area contributed by atoms with E-state index in [1.807, 2.05) is 0 Å². The number of esters is 1. The molecule has 1 saturated heterocycles. The molecule has 2 rings (SSSR count). The molecule has 1 aromatic carbocycles. The molecule has 5 heteroatoms. The van der Waals surface area contributed by atoms with Crippen LogP contribution >= 0.6 is 0 Å². The Balaban J connectivity index is 2.12. The van der Waals surface area contributed by atoms with Crippen LogP contribution in [0.25, 0.3) is 0 Å². The molecule has 4 nitrogen and oxygen atoms in total. The van der Waals surface area contributed by atoms with Gasteiger partial charge in [0.15, 0.2) is 0 Å². The highest BCUT2D eigenvalue weighted by Gasteiger charge is 2.29. The number of ether oxygens (including phenoxy) is 1. The molecule has 108 valence electrons. The lowest BCUT2D eigenvalue weighted by atomic mass is 9.97. The van der Waals surface area contributed by atoms with Crippen LogP contribution in [0.2, 0.25) is 0 Å². The summed E-state index contributed by atoms with van der Waals surface area (Å²) in [4.78, 5) is 25.6. The summed E-state index contributed by atoms with van der Waals surface area (Å²) in [6.45, 7) is 2.60. The first-order chi connectivity index (χ1) is 9.52. The zero-order valence-corrected chi connectivity index (χ0v) is 11.7. The fourth-order valence-corrected chi connectivity index (χ4v) is 2.48. The molecular weight excluding hydrogens is 261 g/mol. The lowest BCUT2D eigenvalue weighted by Gasteiger charge is -2.31. The average molecular weight is 279 g/mol. The zero-order valence-electron chi connectivity index (χ0n) is 11.7. The van der Waals surface area contributed by atoms with Crippen LogP contribution in [-0.4, -0.2) is 37.0 Å². The Morgan fingerprint density at radius 2 is 2.15 bits per heavy atom. The minimum atomic E-state index is -0.326. The highest BCUT2D eigenvalue weighted by Crippen LogP contribution is 2.20. The number of carbonyl (C=O) groups is 2. The third-order valence-corrected chi connectivity index (χ3v) is 3.65. The normalized spacial score (nSPS) is 18.8. The lowest BCUT2D eigenvalue weighted by molar-refractivity contribution is -0.146. The van der Waals surface area contributed by atoms with Gasteiger partial charge in [0.05, 0.1) is 13.0 Å². The van der Waals surface area contributed by atoms with Gasteiger partial charge in [0.25, 0.3) is 5.91 Å². The predicted octanol–water partition coefficient (Wildman–Crippen LogP) is 2.16. The summed E-state index contributed by atoms with van der Waals surface area (Å²) < 4.78 is 18.0. The smallest absolute Gasteiger partial charge is 0.310 e. The van der Waals surface area contributed by atoms with Crippen LogP contribution < -0.4 is 0 Å². The second-order valence-corrected chi connectivity index (χ2v) is 5.08. The van der Waals surface area contributed by atoms with Crippen LogP contribution in [-0.2, 0) is 9.53 Å². The molecule has 0 unspecified atom stereocenters. The van der Waals surface area contributed by atoms with Crippen molar-refractivity contribution in [2.75, 3.05) is 20.2 Å². The third-order valence-electron chi connectivity index (χ3n) is 3.65. The van der Waals surface area contributed by atoms with Gasteiger partial charge < -0.3 is 9.64 Å². The number of rotatable bonds is 2. The Labute approximate surface area is 117 Å². The van der Waals surface area contributed by atoms with Crippen LogP contribution in [0.1, 0.15) is 28.8 Å². The first-order valence-corrected chi connectivity index (χ1v) is 6.66. The molecule has 0 bridgehead atoms. The van der Waals surface area contributed by atoms with Gasteiger partial charge in [-0.25, -0.2) is 4.39 Å². The fraction of sp³-hybridized carbons (Fsp3) is 0.467. The van der Waals surface area contributed by atoms with Crippen molar-refractivity contribution < 1.29 is 18.7 Å². The van der Waals surface area contributed by atoms with Crippen LogP contribution in [0.4, 0.5) is 4.39 Å². The zero-order chi connectivity index (χ0) is 14.7. The number of amides is 1. The van der Waals surface area contributed by atoms with Gasteiger partial charge >= 0.3 is 5.97 Å². The number of hydrogen-bond donors (Lipinski definition) is 0. The molecule has 1 aromatic rings. The molecule has 0 aliphatic carbocycles. The molecule has 0 N–H and O–H groups in total. The SMILES string of the molecule is COC(=O)[C@H]1CCCN(C(=O)c2ccc(F)c(C)c2)C1. The van der Waals surface area contributed by atoms with Crippen LogP contribution in [0.3, 0.4) is 0 Å². The molecule has 0 radical (unpaired) electrons. The summed E-state index contributed by atoms with van der Waals surface area (Å²) >= 11 is 0. The van der Waals surface area contributed by atoms with Gasteiger partial charge in [-0.05, 0) is 43.5 Å². The molecular formula is C15H18FNO3. The molecule has 1 aliphatic rings. The maximum absolute atomic E-state index is 13.2. The Kier molecular flexibility index (Phi) is 4.37. The summed E-state index contributed by atoms with van der Waals surface area (Å²) in [7, 11) is 1.35. The van der Waals surface area contributed by atoms with E-state index in [0.29, 0.717) is 24.2 Å². The average Bonchev–Trinajstić information content (AvgIpc) is 2.48. The van der Waals surface area contributed by atoms with Gasteiger partial charge in [0, 0.05) is 18.7 Å². The third kappa shape index (κ3) is 2.98. The Morgan fingerprint density at radius 3 is 2.80 bits per heavy atom. The van der Waals surface area contributed by atoms with Crippen LogP contribution in [0.15, 0.2) is 18.2 Å². The van der Waals surface area contributed by atoms with Crippen molar-refractivity contribution in [3.05, 3.63) is 35.1 Å². The molecule has 1 heterocycles. The molecule has 0 spiro atoms. The Bertz CT molecular complexity index is 530. The predicted molar refractivity (Wildman–Crippen MR) is 71.8 cm³/mol. The number of aryl methyl sites for hydroxylation is 1. The first-order valence-electron chi connectivity index (χ1n) is 6.66. The van der Waals surface area contributed by atoms with E-state index < -0.39 is 0 Å². The lowest BCUT2D eigenvalue weighted by Crippen LogP contribution is -2.42. The molecule has 1 fully saturated rings. The van der Waals surface area contributed by atoms with Crippen molar-refractivity contribution in [3.8, 4) is 0 Å². The first kappa shape index (κ1) is 14.5. The Morgan fingerprint density at radius 1 is 1.40 bits per heavy atom. The minimum absolute atomic E-state index is 0.165. The quantitative estimate of drug-likeness (QED) is 0.779. The van der Waals surface area contributed by atoms with Crippen molar-refractivity contribution in [1.29, 1.82) is 0 Å². The molecule has 1 atom stereocenters. The molecule has 20 heavy (non-hydrogen) atoms. The van der Waals surface area contributed by atoms with E-state index in [9.17, 15) is 14.0 Å². The van der Waals surface area contributed by atoms with Crippen molar-refractivity contribution in [2.24, 2.45) is 5.92 Å². The standard InChI is InChI=1S/C15H18FNO3/c1-10-8-11(5-6-13(10)16)14(18)17-7-3-4-12(9-17)15(19)20-2/h5-6,8,12H,3-4,7,9H2,1-2H3/t12-/m0/s1. The molecule has 1 amide bonds. The van der Waals surface area contributed by atoms with E-state index in [0.717, 1.165) is 12.8 Å². The van der Waals surface area contributed by atoms with Gasteiger partial charge in [0.2, 0.25) is 0 Å². The van der Waals surface area contributed by atoms with Crippen LogP contribution in [0.5, 0.6) is 0 Å². The second-order valence-electron chi connectivity index (χ2n) is 5.08. The topological polar surface area (TPSA) is 46.6 Å². The maximum Gasteiger partial charge on any atom is 0.310 e. The van der Waals surface area contributed by atoms with Gasteiger partial charge in [-0.1, -0.05) is 0 Å². The maximum atomic E-state index is 13.2. The monoisotopic (exact) mass is 279 g/mol. The molecule has 0 saturated carbocycles. The highest BCUT2D eigenvalue weighted by molar-refractivity contribution is 5.94. The van der Waals surface area contributed by atoms with Crippen molar-refractivity contribution in [1.82, 2.24) is 4.90 Å². The van der Waals surface area contributed by atoms with E-state index in [1.54, 1.807) is 17.9 Å². The summed E-state index contributed by atoms with van der Waals surface area (Å²) in [5.41, 5.74) is 0.895. The van der Waals surface area contributed by atoms with Crippen molar-refractivity contribution in [3.63, 3.8) is 0 Å². The van der Waals surface area contributed by atoms with Gasteiger partial charge in [-0.15, -0.1) is 0 Å². The summed E-state index contributed by atoms with van der Waals surface area (Å²) in [6.07, 6.45) is 1.50. The number of hydrogen-bond acceptors (Lipinski definition) is 3. The summed E-state index contributed by atoms with van der Waals surface area (Å²) in [5, 5.41) is 0. The van der Waals surface area contributed by atoms with Crippen LogP contribution in [0, 0.1) is 18.7 Å². The van der Waals surface area contributed by atoms with E-state index in [4.69, 9.17) is 4.74 Å². The number of carbonyl (C=O) groups excluding carboxylic acids is 2. The number of likely N-dealkylation sites (tertiary alicyclic amines) is 1. The van der Waals surface area contributed by atoms with Crippen molar-refractivity contribution >= 4 is 11.9 Å². The number of halogens is 1. The fourth-order valence-electron chi connectivity index (χ4n) is 2.48. The molecule has 1 aliphatic heterocycles. The van der Waals surface area contributed by atoms with E-state index in [2.05, 4.69) is 0 Å². The largest absolute Gasteiger partial charge is 0.469 e. The van der Waals surface area contributed by atoms with E-state index in [-0.39, 0.29) is 23.6 Å². The van der Waals surface area contributed by atoms with Gasteiger partial charge in [0.1, 0.15) is 5.82 Å². The molecule has 0 aromatic heterocycles. The minimum Gasteiger partial charge on any atom is -0.469 e. The summed E-state index contributed by atoms with van der Waals surface area (Å²) in [5.74, 6) is -1.04. The van der Waals surface area contributed by atoms with Gasteiger partial charge in [-0.3, -0.25) is 9.59 Å². The van der Waals surface area contributed by atoms with Gasteiger partial charge in [-0.2, -0.15) is 0 Å². The van der Waals surface area contributed by atoms with E-state index in [1.165, 1.54) is 19.2 Å². The van der Waals surface area contributed by atoms with Crippen molar-refractivity contribution in [2.45, 2.75) is 19.8 Å². The highest BCUT2D eigenvalue weighted by atomic mass is 19.1. The summed E-state index contributed by atoms with van der Waals surface area (Å²) in [6, 6.07) is 4.32. The number of methoxy groups -OCH3 is 1. The number of piperidine rings is 1. The number of nitrogens with zero attached hydrogens (tertiary/aromatic N) is 1. The second kappa shape index (κ2) is 6.03.